The molecule has 0 aliphatic carbocycles. The number of aromatic nitrogens is 4. The van der Waals surface area contributed by atoms with Gasteiger partial charge in [-0.2, -0.15) is 4.68 Å². The first-order valence-electron chi connectivity index (χ1n) is 10.1. The number of allylic oxidation sites excluding steroid dienone is 1. The summed E-state index contributed by atoms with van der Waals surface area (Å²) in [4.78, 5) is 13.0. The van der Waals surface area contributed by atoms with Crippen LogP contribution in [0.2, 0.25) is 5.02 Å². The zero-order valence-electron chi connectivity index (χ0n) is 17.5. The van der Waals surface area contributed by atoms with E-state index in [4.69, 9.17) is 21.1 Å². The van der Waals surface area contributed by atoms with E-state index in [0.29, 0.717) is 40.2 Å². The van der Waals surface area contributed by atoms with Gasteiger partial charge in [0.25, 0.3) is 0 Å². The molecular formula is C22H21BrClN5O3. The van der Waals surface area contributed by atoms with E-state index in [1.165, 1.54) is 0 Å². The Hall–Kier alpha value is -2.91. The lowest BCUT2D eigenvalue weighted by Gasteiger charge is -2.28. The monoisotopic (exact) mass is 517 g/mol. The molecule has 4 rings (SSSR count). The van der Waals surface area contributed by atoms with Crippen molar-refractivity contribution in [3.63, 3.8) is 0 Å². The van der Waals surface area contributed by atoms with Crippen molar-refractivity contribution in [2.75, 3.05) is 11.9 Å². The maximum absolute atomic E-state index is 13.0. The molecule has 8 nitrogen and oxygen atoms in total. The van der Waals surface area contributed by atoms with Gasteiger partial charge in [-0.25, -0.2) is 4.79 Å². The second-order valence-corrected chi connectivity index (χ2v) is 8.53. The molecule has 10 heteroatoms. The number of rotatable bonds is 7. The molecule has 0 saturated carbocycles. The molecule has 166 valence electrons. The number of hydrogen-bond donors (Lipinski definition) is 1. The molecule has 0 saturated heterocycles. The maximum atomic E-state index is 13.0. The quantitative estimate of drug-likeness (QED) is 0.444. The van der Waals surface area contributed by atoms with Gasteiger partial charge < -0.3 is 14.8 Å². The first-order chi connectivity index (χ1) is 15.5. The van der Waals surface area contributed by atoms with E-state index in [9.17, 15) is 4.79 Å². The van der Waals surface area contributed by atoms with Crippen molar-refractivity contribution in [1.29, 1.82) is 0 Å². The van der Waals surface area contributed by atoms with Crippen LogP contribution in [0.25, 0.3) is 0 Å². The Bertz CT molecular complexity index is 1180. The van der Waals surface area contributed by atoms with Crippen molar-refractivity contribution < 1.29 is 14.3 Å². The number of nitrogens with zero attached hydrogens (tertiary/aromatic N) is 4. The Balaban J connectivity index is 1.77. The number of esters is 1. The van der Waals surface area contributed by atoms with E-state index >= 15 is 0 Å². The summed E-state index contributed by atoms with van der Waals surface area (Å²) in [5, 5.41) is 15.6. The van der Waals surface area contributed by atoms with Crippen molar-refractivity contribution in [2.24, 2.45) is 0 Å². The van der Waals surface area contributed by atoms with Crippen LogP contribution in [-0.4, -0.2) is 32.8 Å². The van der Waals surface area contributed by atoms with E-state index in [2.05, 4.69) is 36.8 Å². The molecule has 3 aromatic rings. The maximum Gasteiger partial charge on any atom is 0.338 e. The molecule has 32 heavy (non-hydrogen) atoms. The Morgan fingerprint density at radius 1 is 1.28 bits per heavy atom. The van der Waals surface area contributed by atoms with Gasteiger partial charge in [0.2, 0.25) is 5.95 Å². The smallest absolute Gasteiger partial charge is 0.338 e. The first-order valence-corrected chi connectivity index (χ1v) is 11.2. The van der Waals surface area contributed by atoms with Gasteiger partial charge in [-0.15, -0.1) is 0 Å². The molecule has 1 aliphatic rings. The molecule has 0 spiro atoms. The lowest BCUT2D eigenvalue weighted by Crippen LogP contribution is -2.30. The summed E-state index contributed by atoms with van der Waals surface area (Å²) >= 11 is 9.82. The SMILES string of the molecule is CCCOC(=O)C1=C(C)Nc2nnnn2C1c1cc(Br)ccc1OCc1ccccc1Cl. The fraction of sp³-hybridized carbons (Fsp3) is 0.273. The third kappa shape index (κ3) is 4.49. The molecule has 0 radical (unpaired) electrons. The van der Waals surface area contributed by atoms with Gasteiger partial charge in [-0.1, -0.05) is 57.8 Å². The zero-order valence-corrected chi connectivity index (χ0v) is 19.9. The average Bonchev–Trinajstić information content (AvgIpc) is 3.24. The van der Waals surface area contributed by atoms with Crippen LogP contribution in [0, 0.1) is 0 Å². The highest BCUT2D eigenvalue weighted by Gasteiger charge is 2.36. The Morgan fingerprint density at radius 3 is 2.88 bits per heavy atom. The highest BCUT2D eigenvalue weighted by atomic mass is 79.9. The molecule has 1 aromatic heterocycles. The Kier molecular flexibility index (Phi) is 6.76. The average molecular weight is 519 g/mol. The van der Waals surface area contributed by atoms with Gasteiger partial charge in [0.1, 0.15) is 18.4 Å². The third-order valence-corrected chi connectivity index (χ3v) is 5.84. The summed E-state index contributed by atoms with van der Waals surface area (Å²) in [7, 11) is 0. The predicted molar refractivity (Wildman–Crippen MR) is 123 cm³/mol. The van der Waals surface area contributed by atoms with E-state index in [1.54, 1.807) is 11.6 Å². The standard InChI is InChI=1S/C22H21BrClN5O3/c1-3-10-31-21(30)19-13(2)25-22-26-27-28-29(22)20(19)16-11-15(23)8-9-18(16)32-12-14-6-4-5-7-17(14)24/h4-9,11,20H,3,10,12H2,1-2H3,(H,25,26,28). The van der Waals surface area contributed by atoms with E-state index in [-0.39, 0.29) is 6.61 Å². The van der Waals surface area contributed by atoms with Gasteiger partial charge in [0, 0.05) is 26.3 Å². The number of hydrogen-bond acceptors (Lipinski definition) is 7. The molecule has 1 atom stereocenters. The molecule has 2 heterocycles. The molecule has 0 fully saturated rings. The molecule has 1 unspecified atom stereocenters. The first kappa shape index (κ1) is 22.3. The van der Waals surface area contributed by atoms with Gasteiger partial charge in [-0.3, -0.25) is 0 Å². The van der Waals surface area contributed by atoms with E-state index < -0.39 is 12.0 Å². The van der Waals surface area contributed by atoms with Crippen molar-refractivity contribution >= 4 is 39.4 Å². The minimum atomic E-state index is -0.635. The van der Waals surface area contributed by atoms with Crippen molar-refractivity contribution in [1.82, 2.24) is 20.2 Å². The highest BCUT2D eigenvalue weighted by molar-refractivity contribution is 9.10. The number of carbonyl (C=O) groups excluding carboxylic acids is 1. The van der Waals surface area contributed by atoms with Crippen LogP contribution < -0.4 is 10.1 Å². The van der Waals surface area contributed by atoms with Crippen LogP contribution in [0.4, 0.5) is 5.95 Å². The topological polar surface area (TPSA) is 91.2 Å². The fourth-order valence-corrected chi connectivity index (χ4v) is 4.04. The molecule has 1 aliphatic heterocycles. The Labute approximate surface area is 198 Å². The van der Waals surface area contributed by atoms with Crippen molar-refractivity contribution in [3.8, 4) is 5.75 Å². The van der Waals surface area contributed by atoms with Crippen LogP contribution in [0.5, 0.6) is 5.75 Å². The fourth-order valence-electron chi connectivity index (χ4n) is 3.47. The number of anilines is 1. The lowest BCUT2D eigenvalue weighted by molar-refractivity contribution is -0.139. The summed E-state index contributed by atoms with van der Waals surface area (Å²) in [6.45, 7) is 4.33. The number of carbonyl (C=O) groups is 1. The van der Waals surface area contributed by atoms with Crippen LogP contribution >= 0.6 is 27.5 Å². The number of tetrazole rings is 1. The minimum absolute atomic E-state index is 0.264. The largest absolute Gasteiger partial charge is 0.488 e. The predicted octanol–water partition coefficient (Wildman–Crippen LogP) is 4.91. The summed E-state index contributed by atoms with van der Waals surface area (Å²) in [5.74, 6) is 0.576. The van der Waals surface area contributed by atoms with Crippen LogP contribution in [0.3, 0.4) is 0 Å². The van der Waals surface area contributed by atoms with E-state index in [0.717, 1.165) is 16.5 Å². The molecule has 2 aromatic carbocycles. The van der Waals surface area contributed by atoms with Gasteiger partial charge in [0.15, 0.2) is 0 Å². The van der Waals surface area contributed by atoms with Crippen molar-refractivity contribution in [2.45, 2.75) is 32.9 Å². The Morgan fingerprint density at radius 2 is 2.09 bits per heavy atom. The molecular weight excluding hydrogens is 498 g/mol. The lowest BCUT2D eigenvalue weighted by atomic mass is 9.95. The molecule has 0 bridgehead atoms. The van der Waals surface area contributed by atoms with Crippen LogP contribution in [-0.2, 0) is 16.1 Å². The van der Waals surface area contributed by atoms with Gasteiger partial charge >= 0.3 is 5.97 Å². The third-order valence-electron chi connectivity index (χ3n) is 4.98. The molecule has 0 amide bonds. The van der Waals surface area contributed by atoms with E-state index in [1.807, 2.05) is 49.4 Å². The minimum Gasteiger partial charge on any atom is -0.488 e. The second-order valence-electron chi connectivity index (χ2n) is 7.21. The number of halogens is 2. The summed E-state index contributed by atoms with van der Waals surface area (Å²) < 4.78 is 14.0. The van der Waals surface area contributed by atoms with Gasteiger partial charge in [-0.05, 0) is 48.0 Å². The summed E-state index contributed by atoms with van der Waals surface area (Å²) in [6, 6.07) is 12.5. The van der Waals surface area contributed by atoms with Crippen LogP contribution in [0.15, 0.2) is 58.2 Å². The highest BCUT2D eigenvalue weighted by Crippen LogP contribution is 2.40. The molecule has 1 N–H and O–H groups in total. The number of benzene rings is 2. The summed E-state index contributed by atoms with van der Waals surface area (Å²) in [5.41, 5.74) is 2.60. The van der Waals surface area contributed by atoms with Crippen molar-refractivity contribution in [3.05, 3.63) is 74.4 Å². The van der Waals surface area contributed by atoms with Crippen LogP contribution in [0.1, 0.15) is 37.4 Å². The summed E-state index contributed by atoms with van der Waals surface area (Å²) in [6.07, 6.45) is 0.718. The van der Waals surface area contributed by atoms with Gasteiger partial charge in [0.05, 0.1) is 12.2 Å². The second kappa shape index (κ2) is 9.70. The normalized spacial score (nSPS) is 15.2. The number of ether oxygens (including phenoxy) is 2. The zero-order chi connectivity index (χ0) is 22.7. The number of fused-ring (bicyclic) bond motifs is 1. The number of nitrogens with one attached hydrogen (secondary N) is 1.